The molecular formula is C18H27NO. The van der Waals surface area contributed by atoms with Crippen LogP contribution in [0.25, 0.3) is 11.0 Å². The van der Waals surface area contributed by atoms with Crippen LogP contribution >= 0.6 is 0 Å². The van der Waals surface area contributed by atoms with Crippen LogP contribution in [0.5, 0.6) is 0 Å². The first-order valence-corrected chi connectivity index (χ1v) is 7.40. The Kier molecular flexibility index (Phi) is 3.72. The van der Waals surface area contributed by atoms with Crippen molar-refractivity contribution in [3.63, 3.8) is 0 Å². The molecule has 0 saturated heterocycles. The predicted octanol–water partition coefficient (Wildman–Crippen LogP) is 4.53. The molecule has 1 aromatic heterocycles. The fourth-order valence-electron chi connectivity index (χ4n) is 2.53. The van der Waals surface area contributed by atoms with E-state index in [1.165, 1.54) is 22.1 Å². The van der Waals surface area contributed by atoms with E-state index in [9.17, 15) is 0 Å². The van der Waals surface area contributed by atoms with Crippen molar-refractivity contribution >= 4 is 11.0 Å². The molecule has 1 aromatic carbocycles. The molecule has 0 radical (unpaired) electrons. The van der Waals surface area contributed by atoms with E-state index >= 15 is 0 Å². The number of hydrogen-bond acceptors (Lipinski definition) is 2. The first kappa shape index (κ1) is 15.1. The number of fused-ring (bicyclic) bond motifs is 1. The van der Waals surface area contributed by atoms with Gasteiger partial charge < -0.3 is 10.2 Å². The van der Waals surface area contributed by atoms with Crippen molar-refractivity contribution in [2.24, 2.45) is 5.73 Å². The van der Waals surface area contributed by atoms with E-state index < -0.39 is 0 Å². The second-order valence-corrected chi connectivity index (χ2v) is 7.70. The molecule has 0 amide bonds. The van der Waals surface area contributed by atoms with E-state index in [4.69, 9.17) is 10.2 Å². The number of nitrogens with two attached hydrogens (primary N) is 1. The molecule has 0 spiro atoms. The lowest BCUT2D eigenvalue weighted by Crippen LogP contribution is -2.16. The Bertz CT molecular complexity index is 609. The van der Waals surface area contributed by atoms with E-state index in [1.807, 2.05) is 6.26 Å². The zero-order chi connectivity index (χ0) is 15.1. The second kappa shape index (κ2) is 4.92. The third kappa shape index (κ3) is 2.76. The Hall–Kier alpha value is -1.28. The fraction of sp³-hybridized carbons (Fsp3) is 0.556. The van der Waals surface area contributed by atoms with Crippen LogP contribution in [0.2, 0.25) is 0 Å². The van der Waals surface area contributed by atoms with Gasteiger partial charge in [-0.2, -0.15) is 0 Å². The lowest BCUT2D eigenvalue weighted by Gasteiger charge is -2.25. The van der Waals surface area contributed by atoms with Crippen LogP contribution in [0.4, 0.5) is 0 Å². The van der Waals surface area contributed by atoms with Gasteiger partial charge in [-0.1, -0.05) is 47.6 Å². The van der Waals surface area contributed by atoms with Crippen molar-refractivity contribution in [1.82, 2.24) is 0 Å². The molecule has 0 fully saturated rings. The molecule has 0 atom stereocenters. The average Bonchev–Trinajstić information content (AvgIpc) is 2.69. The van der Waals surface area contributed by atoms with Crippen LogP contribution < -0.4 is 5.73 Å². The Morgan fingerprint density at radius 2 is 1.65 bits per heavy atom. The molecule has 0 aliphatic carbocycles. The smallest absolute Gasteiger partial charge is 0.137 e. The molecule has 2 aromatic rings. The summed E-state index contributed by atoms with van der Waals surface area (Å²) in [4.78, 5) is 0. The molecule has 2 heteroatoms. The fourth-order valence-corrected chi connectivity index (χ4v) is 2.53. The van der Waals surface area contributed by atoms with Gasteiger partial charge in [-0.15, -0.1) is 0 Å². The van der Waals surface area contributed by atoms with Crippen molar-refractivity contribution in [1.29, 1.82) is 0 Å². The Morgan fingerprint density at radius 1 is 1.00 bits per heavy atom. The van der Waals surface area contributed by atoms with E-state index in [2.05, 4.69) is 53.7 Å². The highest BCUT2D eigenvalue weighted by molar-refractivity contribution is 5.86. The van der Waals surface area contributed by atoms with Gasteiger partial charge in [-0.05, 0) is 41.0 Å². The molecule has 0 bridgehead atoms. The standard InChI is InChI=1S/C18H27NO/c1-17(2,3)13-9-14-12(7-8-19)11-20-16(14)15(10-13)18(4,5)6/h9-11H,7-8,19H2,1-6H3. The maximum atomic E-state index is 5.87. The molecule has 0 saturated carbocycles. The van der Waals surface area contributed by atoms with E-state index in [-0.39, 0.29) is 10.8 Å². The molecular weight excluding hydrogens is 246 g/mol. The largest absolute Gasteiger partial charge is 0.464 e. The van der Waals surface area contributed by atoms with Gasteiger partial charge >= 0.3 is 0 Å². The Balaban J connectivity index is 2.77. The average molecular weight is 273 g/mol. The first-order chi connectivity index (χ1) is 9.14. The van der Waals surface area contributed by atoms with Gasteiger partial charge in [0.25, 0.3) is 0 Å². The molecule has 1 heterocycles. The van der Waals surface area contributed by atoms with Gasteiger partial charge in [0.15, 0.2) is 0 Å². The highest BCUT2D eigenvalue weighted by Gasteiger charge is 2.24. The summed E-state index contributed by atoms with van der Waals surface area (Å²) >= 11 is 0. The lowest BCUT2D eigenvalue weighted by atomic mass is 9.79. The normalized spacial score (nSPS) is 13.2. The summed E-state index contributed by atoms with van der Waals surface area (Å²) in [5.74, 6) is 0. The molecule has 20 heavy (non-hydrogen) atoms. The number of furan rings is 1. The highest BCUT2D eigenvalue weighted by Crippen LogP contribution is 2.37. The van der Waals surface area contributed by atoms with Gasteiger partial charge in [0, 0.05) is 10.9 Å². The monoisotopic (exact) mass is 273 g/mol. The van der Waals surface area contributed by atoms with Crippen LogP contribution in [-0.2, 0) is 17.3 Å². The molecule has 2 N–H and O–H groups in total. The summed E-state index contributed by atoms with van der Waals surface area (Å²) in [6.45, 7) is 14.1. The van der Waals surface area contributed by atoms with E-state index in [0.29, 0.717) is 6.54 Å². The second-order valence-electron chi connectivity index (χ2n) is 7.70. The topological polar surface area (TPSA) is 39.2 Å². The molecule has 0 aliphatic heterocycles. The van der Waals surface area contributed by atoms with Crippen LogP contribution in [0, 0.1) is 0 Å². The number of rotatable bonds is 2. The van der Waals surface area contributed by atoms with E-state index in [0.717, 1.165) is 12.0 Å². The van der Waals surface area contributed by atoms with Gasteiger partial charge in [0.05, 0.1) is 6.26 Å². The zero-order valence-corrected chi connectivity index (χ0v) is 13.6. The van der Waals surface area contributed by atoms with Gasteiger partial charge in [0.1, 0.15) is 5.58 Å². The number of hydrogen-bond donors (Lipinski definition) is 1. The van der Waals surface area contributed by atoms with Gasteiger partial charge in [0.2, 0.25) is 0 Å². The third-order valence-corrected chi connectivity index (χ3v) is 3.84. The Labute approximate surface area is 122 Å². The van der Waals surface area contributed by atoms with Crippen molar-refractivity contribution in [2.75, 3.05) is 6.54 Å². The Morgan fingerprint density at radius 3 is 2.15 bits per heavy atom. The van der Waals surface area contributed by atoms with Crippen LogP contribution in [0.1, 0.15) is 58.2 Å². The predicted molar refractivity (Wildman–Crippen MR) is 86.4 cm³/mol. The van der Waals surface area contributed by atoms with Crippen molar-refractivity contribution in [3.05, 3.63) is 35.1 Å². The quantitative estimate of drug-likeness (QED) is 0.873. The minimum Gasteiger partial charge on any atom is -0.464 e. The van der Waals surface area contributed by atoms with Crippen LogP contribution in [0.3, 0.4) is 0 Å². The number of benzene rings is 1. The highest BCUT2D eigenvalue weighted by atomic mass is 16.3. The summed E-state index contributed by atoms with van der Waals surface area (Å²) in [5.41, 5.74) is 10.8. The summed E-state index contributed by atoms with van der Waals surface area (Å²) in [6, 6.07) is 4.58. The van der Waals surface area contributed by atoms with Crippen molar-refractivity contribution < 1.29 is 4.42 Å². The third-order valence-electron chi connectivity index (χ3n) is 3.84. The van der Waals surface area contributed by atoms with Crippen LogP contribution in [-0.4, -0.2) is 6.54 Å². The molecule has 0 aliphatic rings. The minimum absolute atomic E-state index is 0.0668. The van der Waals surface area contributed by atoms with E-state index in [1.54, 1.807) is 0 Å². The zero-order valence-electron chi connectivity index (χ0n) is 13.6. The maximum Gasteiger partial charge on any atom is 0.137 e. The van der Waals surface area contributed by atoms with Crippen LogP contribution in [0.15, 0.2) is 22.8 Å². The molecule has 110 valence electrons. The summed E-state index contributed by atoms with van der Waals surface area (Å²) in [5, 5.41) is 1.23. The lowest BCUT2D eigenvalue weighted by molar-refractivity contribution is 0.549. The summed E-state index contributed by atoms with van der Waals surface area (Å²) < 4.78 is 5.87. The maximum absolute atomic E-state index is 5.87. The molecule has 2 rings (SSSR count). The van der Waals surface area contributed by atoms with Gasteiger partial charge in [-0.25, -0.2) is 0 Å². The van der Waals surface area contributed by atoms with Crippen molar-refractivity contribution in [3.8, 4) is 0 Å². The molecule has 0 unspecified atom stereocenters. The summed E-state index contributed by atoms with van der Waals surface area (Å²) in [7, 11) is 0. The first-order valence-electron chi connectivity index (χ1n) is 7.40. The van der Waals surface area contributed by atoms with Crippen molar-refractivity contribution in [2.45, 2.75) is 58.8 Å². The van der Waals surface area contributed by atoms with Gasteiger partial charge in [-0.3, -0.25) is 0 Å². The minimum atomic E-state index is 0.0668. The SMILES string of the molecule is CC(C)(C)c1cc(C(C)(C)C)c2occ(CCN)c2c1. The molecule has 2 nitrogen and oxygen atoms in total. The summed E-state index contributed by atoms with van der Waals surface area (Å²) in [6.07, 6.45) is 2.74.